The van der Waals surface area contributed by atoms with Crippen LogP contribution < -0.4 is 10.6 Å². The van der Waals surface area contributed by atoms with Gasteiger partial charge in [0.15, 0.2) is 5.65 Å². The molecular formula is C26H29N7O3. The molecular weight excluding hydrogens is 458 g/mol. The second-order valence-corrected chi connectivity index (χ2v) is 10.0. The molecule has 3 fully saturated rings. The van der Waals surface area contributed by atoms with Crippen molar-refractivity contribution in [3.05, 3.63) is 42.4 Å². The van der Waals surface area contributed by atoms with Crippen LogP contribution >= 0.6 is 0 Å². The van der Waals surface area contributed by atoms with E-state index in [0.29, 0.717) is 29.1 Å². The first-order valence-corrected chi connectivity index (χ1v) is 12.6. The Morgan fingerprint density at radius 2 is 2.14 bits per heavy atom. The average Bonchev–Trinajstić information content (AvgIpc) is 3.25. The topological polar surface area (TPSA) is 108 Å². The van der Waals surface area contributed by atoms with Crippen molar-refractivity contribution >= 4 is 28.4 Å². The number of carbonyl (C=O) groups excluding carboxylic acids is 1. The molecule has 2 saturated carbocycles. The van der Waals surface area contributed by atoms with Crippen LogP contribution in [-0.4, -0.2) is 69.6 Å². The van der Waals surface area contributed by atoms with E-state index in [1.807, 2.05) is 25.4 Å². The highest BCUT2D eigenvalue weighted by Crippen LogP contribution is 2.56. The van der Waals surface area contributed by atoms with Crippen LogP contribution in [-0.2, 0) is 9.47 Å². The van der Waals surface area contributed by atoms with Crippen molar-refractivity contribution in [2.75, 3.05) is 32.7 Å². The van der Waals surface area contributed by atoms with E-state index < -0.39 is 0 Å². The van der Waals surface area contributed by atoms with Crippen molar-refractivity contribution in [1.29, 1.82) is 0 Å². The van der Waals surface area contributed by atoms with Crippen molar-refractivity contribution in [3.8, 4) is 11.3 Å². The van der Waals surface area contributed by atoms with E-state index in [9.17, 15) is 4.79 Å². The van der Waals surface area contributed by atoms with Crippen LogP contribution in [0.5, 0.6) is 0 Å². The second kappa shape index (κ2) is 8.28. The Morgan fingerprint density at radius 3 is 2.89 bits per heavy atom. The maximum absolute atomic E-state index is 13.2. The molecule has 0 bridgehead atoms. The Labute approximate surface area is 208 Å². The number of nitrogens with one attached hydrogen (secondary N) is 2. The fourth-order valence-corrected chi connectivity index (χ4v) is 6.00. The van der Waals surface area contributed by atoms with Gasteiger partial charge in [-0.3, -0.25) is 4.79 Å². The van der Waals surface area contributed by atoms with Crippen molar-refractivity contribution in [2.45, 2.75) is 37.5 Å². The van der Waals surface area contributed by atoms with Gasteiger partial charge in [0.1, 0.15) is 17.0 Å². The number of methoxy groups -OCH3 is 1. The predicted molar refractivity (Wildman–Crippen MR) is 134 cm³/mol. The molecule has 7 rings (SSSR count). The summed E-state index contributed by atoms with van der Waals surface area (Å²) in [4.78, 5) is 22.9. The first-order valence-electron chi connectivity index (χ1n) is 12.6. The van der Waals surface area contributed by atoms with Gasteiger partial charge in [-0.05, 0) is 37.3 Å². The van der Waals surface area contributed by atoms with Gasteiger partial charge < -0.3 is 24.7 Å². The quantitative estimate of drug-likeness (QED) is 0.431. The summed E-state index contributed by atoms with van der Waals surface area (Å²) >= 11 is 0. The van der Waals surface area contributed by atoms with Crippen LogP contribution in [0.1, 0.15) is 35.7 Å². The van der Waals surface area contributed by atoms with Crippen LogP contribution in [0.15, 0.2) is 36.8 Å². The Kier molecular flexibility index (Phi) is 5.00. The van der Waals surface area contributed by atoms with Crippen LogP contribution in [0.4, 0.5) is 5.82 Å². The van der Waals surface area contributed by atoms with Crippen LogP contribution in [0.3, 0.4) is 0 Å². The van der Waals surface area contributed by atoms with E-state index >= 15 is 0 Å². The number of amides is 1. The zero-order valence-electron chi connectivity index (χ0n) is 20.3. The number of ether oxygens (including phenoxy) is 2. The molecule has 5 atom stereocenters. The summed E-state index contributed by atoms with van der Waals surface area (Å²) in [6, 6.07) is 6.44. The SMILES string of the molecule is CNc1cc(-c2cn([C@H]3[C@@H]4COCC[C@@H]43)c3ncccc23)nc2c(C(=O)N[C@H]3CC[C@@H]3OC)cnn12. The lowest BCUT2D eigenvalue weighted by Crippen LogP contribution is -2.51. The molecule has 5 heterocycles. The van der Waals surface area contributed by atoms with Gasteiger partial charge in [0.05, 0.1) is 30.6 Å². The maximum Gasteiger partial charge on any atom is 0.257 e. The Hall–Kier alpha value is -3.50. The number of aromatic nitrogens is 5. The summed E-state index contributed by atoms with van der Waals surface area (Å²) in [6.07, 6.45) is 8.61. The molecule has 4 aromatic heterocycles. The van der Waals surface area contributed by atoms with Crippen molar-refractivity contribution < 1.29 is 14.3 Å². The number of rotatable bonds is 6. The largest absolute Gasteiger partial charge is 0.381 e. The van der Waals surface area contributed by atoms with E-state index in [1.54, 1.807) is 17.8 Å². The Morgan fingerprint density at radius 1 is 1.22 bits per heavy atom. The lowest BCUT2D eigenvalue weighted by molar-refractivity contribution is 0.00732. The highest BCUT2D eigenvalue weighted by molar-refractivity contribution is 6.01. The number of pyridine rings is 1. The number of hydrogen-bond acceptors (Lipinski definition) is 7. The summed E-state index contributed by atoms with van der Waals surface area (Å²) in [6.45, 7) is 1.64. The lowest BCUT2D eigenvalue weighted by atomic mass is 9.89. The molecule has 0 radical (unpaired) electrons. The molecule has 1 saturated heterocycles. The fraction of sp³-hybridized carbons (Fsp3) is 0.462. The third-order valence-corrected chi connectivity index (χ3v) is 8.18. The van der Waals surface area contributed by atoms with E-state index in [1.165, 1.54) is 0 Å². The van der Waals surface area contributed by atoms with Gasteiger partial charge in [-0.2, -0.15) is 9.61 Å². The van der Waals surface area contributed by atoms with Crippen molar-refractivity contribution in [3.63, 3.8) is 0 Å². The molecule has 3 aliphatic rings. The van der Waals surface area contributed by atoms with E-state index in [2.05, 4.69) is 32.6 Å². The molecule has 0 unspecified atom stereocenters. The first-order chi connectivity index (χ1) is 17.7. The summed E-state index contributed by atoms with van der Waals surface area (Å²) < 4.78 is 15.2. The molecule has 2 aliphatic carbocycles. The zero-order chi connectivity index (χ0) is 24.4. The summed E-state index contributed by atoms with van der Waals surface area (Å²) in [5.74, 6) is 1.75. The van der Waals surface area contributed by atoms with Crippen molar-refractivity contribution in [2.24, 2.45) is 11.8 Å². The number of anilines is 1. The molecule has 186 valence electrons. The third kappa shape index (κ3) is 3.24. The van der Waals surface area contributed by atoms with Gasteiger partial charge in [0.2, 0.25) is 0 Å². The molecule has 0 spiro atoms. The molecule has 2 N–H and O–H groups in total. The number of fused-ring (bicyclic) bond motifs is 3. The maximum atomic E-state index is 13.2. The van der Waals surface area contributed by atoms with Crippen LogP contribution in [0, 0.1) is 11.8 Å². The smallest absolute Gasteiger partial charge is 0.257 e. The molecule has 36 heavy (non-hydrogen) atoms. The average molecular weight is 488 g/mol. The highest BCUT2D eigenvalue weighted by Gasteiger charge is 2.53. The lowest BCUT2D eigenvalue weighted by Gasteiger charge is -2.35. The minimum Gasteiger partial charge on any atom is -0.381 e. The van der Waals surface area contributed by atoms with Crippen LogP contribution in [0.25, 0.3) is 27.9 Å². The first kappa shape index (κ1) is 21.8. The number of nitrogens with zero attached hydrogens (tertiary/aromatic N) is 5. The molecule has 10 heteroatoms. The zero-order valence-corrected chi connectivity index (χ0v) is 20.3. The summed E-state index contributed by atoms with van der Waals surface area (Å²) in [7, 11) is 3.53. The predicted octanol–water partition coefficient (Wildman–Crippen LogP) is 2.90. The standard InChI is InChI=1S/C26H29N7O3/c1-27-22-10-20(30-25-16(11-29-33(22)25)26(34)31-19-5-6-21(19)35-2)17-12-32(24-15(17)4-3-8-28-24)23-14-7-9-36-13-18(14)23/h3-4,8,10-12,14,18-19,21,23,27H,5-7,9,13H2,1-2H3,(H,31,34)/t14-,18+,19-,21-,23+/m0/s1. The molecule has 10 nitrogen and oxygen atoms in total. The summed E-state index contributed by atoms with van der Waals surface area (Å²) in [5.41, 5.74) is 3.69. The monoisotopic (exact) mass is 487 g/mol. The molecule has 1 aliphatic heterocycles. The van der Waals surface area contributed by atoms with E-state index in [4.69, 9.17) is 19.4 Å². The Balaban J connectivity index is 1.31. The molecule has 1 amide bonds. The molecule has 4 aromatic rings. The van der Waals surface area contributed by atoms with Gasteiger partial charge in [-0.15, -0.1) is 0 Å². The Bertz CT molecular complexity index is 1460. The van der Waals surface area contributed by atoms with Crippen LogP contribution in [0.2, 0.25) is 0 Å². The number of carbonyl (C=O) groups is 1. The van der Waals surface area contributed by atoms with Gasteiger partial charge in [-0.25, -0.2) is 9.97 Å². The highest BCUT2D eigenvalue weighted by atomic mass is 16.5. The second-order valence-electron chi connectivity index (χ2n) is 10.0. The van der Waals surface area contributed by atoms with Gasteiger partial charge in [-0.1, -0.05) is 0 Å². The van der Waals surface area contributed by atoms with Gasteiger partial charge in [0, 0.05) is 62.1 Å². The van der Waals surface area contributed by atoms with E-state index in [-0.39, 0.29) is 18.1 Å². The summed E-state index contributed by atoms with van der Waals surface area (Å²) in [5, 5.41) is 11.8. The normalized spacial score (nSPS) is 27.0. The fourth-order valence-electron chi connectivity index (χ4n) is 6.00. The third-order valence-electron chi connectivity index (χ3n) is 8.18. The van der Waals surface area contributed by atoms with Gasteiger partial charge >= 0.3 is 0 Å². The minimum absolute atomic E-state index is 0.0134. The molecule has 0 aromatic carbocycles. The minimum atomic E-state index is -0.186. The van der Waals surface area contributed by atoms with Crippen molar-refractivity contribution in [1.82, 2.24) is 29.5 Å². The van der Waals surface area contributed by atoms with Gasteiger partial charge in [0.25, 0.3) is 5.91 Å². The van der Waals surface area contributed by atoms with E-state index in [0.717, 1.165) is 60.6 Å². The number of hydrogen-bond donors (Lipinski definition) is 2.